The van der Waals surface area contributed by atoms with Gasteiger partial charge < -0.3 is 15.0 Å². The van der Waals surface area contributed by atoms with Gasteiger partial charge in [0.15, 0.2) is 0 Å². The molecule has 0 heterocycles. The van der Waals surface area contributed by atoms with Crippen molar-refractivity contribution in [1.29, 1.82) is 0 Å². The number of benzene rings is 3. The second-order valence-electron chi connectivity index (χ2n) is 7.56. The summed E-state index contributed by atoms with van der Waals surface area (Å²) < 4.78 is 30.8. The SMILES string of the molecule is COc1ccc(C(=O)Nc2cc(-c3ccccc3)ccc2N(C)S(C)(=O)=O)c(N(C)C)c1. The maximum atomic E-state index is 13.3. The molecule has 3 aromatic carbocycles. The Labute approximate surface area is 189 Å². The standard InChI is InChI=1S/C24H27N3O4S/c1-26(2)23-16-19(31-4)12-13-20(23)24(28)25-21-15-18(17-9-7-6-8-10-17)11-14-22(21)27(3)32(5,29)30/h6-16H,1-5H3,(H,25,28). The van der Waals surface area contributed by atoms with Crippen molar-refractivity contribution in [2.45, 2.75) is 0 Å². The Bertz CT molecular complexity index is 1230. The highest BCUT2D eigenvalue weighted by atomic mass is 32.2. The zero-order chi connectivity index (χ0) is 23.5. The van der Waals surface area contributed by atoms with Crippen LogP contribution >= 0.6 is 0 Å². The molecule has 0 saturated carbocycles. The minimum Gasteiger partial charge on any atom is -0.497 e. The number of hydrogen-bond donors (Lipinski definition) is 1. The van der Waals surface area contributed by atoms with Gasteiger partial charge in [-0.1, -0.05) is 36.4 Å². The van der Waals surface area contributed by atoms with Crippen LogP contribution in [0.15, 0.2) is 66.7 Å². The van der Waals surface area contributed by atoms with E-state index in [1.165, 1.54) is 7.05 Å². The third-order valence-corrected chi connectivity index (χ3v) is 6.31. The molecule has 0 unspecified atom stereocenters. The summed E-state index contributed by atoms with van der Waals surface area (Å²) in [6.07, 6.45) is 1.12. The normalized spacial score (nSPS) is 11.0. The van der Waals surface area contributed by atoms with E-state index in [4.69, 9.17) is 4.74 Å². The minimum atomic E-state index is -3.53. The first kappa shape index (κ1) is 23.1. The fourth-order valence-corrected chi connectivity index (χ4v) is 3.81. The van der Waals surface area contributed by atoms with Crippen molar-refractivity contribution in [3.8, 4) is 16.9 Å². The lowest BCUT2D eigenvalue weighted by Gasteiger charge is -2.23. The minimum absolute atomic E-state index is 0.357. The summed E-state index contributed by atoms with van der Waals surface area (Å²) in [5.74, 6) is 0.276. The number of sulfonamides is 1. The maximum absolute atomic E-state index is 13.3. The molecule has 0 spiro atoms. The van der Waals surface area contributed by atoms with E-state index in [1.807, 2.05) is 55.4 Å². The lowest BCUT2D eigenvalue weighted by molar-refractivity contribution is 0.102. The molecule has 0 aromatic heterocycles. The van der Waals surface area contributed by atoms with E-state index >= 15 is 0 Å². The lowest BCUT2D eigenvalue weighted by Crippen LogP contribution is -2.27. The first-order valence-corrected chi connectivity index (χ1v) is 11.8. The first-order valence-electron chi connectivity index (χ1n) is 9.92. The van der Waals surface area contributed by atoms with Gasteiger partial charge >= 0.3 is 0 Å². The number of ether oxygens (including phenoxy) is 1. The number of anilines is 3. The highest BCUT2D eigenvalue weighted by Gasteiger charge is 2.20. The summed E-state index contributed by atoms with van der Waals surface area (Å²) in [6, 6.07) is 20.2. The van der Waals surface area contributed by atoms with Gasteiger partial charge in [-0.15, -0.1) is 0 Å². The molecule has 0 saturated heterocycles. The average Bonchev–Trinajstić information content (AvgIpc) is 2.78. The number of hydrogen-bond acceptors (Lipinski definition) is 5. The largest absolute Gasteiger partial charge is 0.497 e. The average molecular weight is 454 g/mol. The summed E-state index contributed by atoms with van der Waals surface area (Å²) in [7, 11) is 3.17. The van der Waals surface area contributed by atoms with Crippen LogP contribution in [0.25, 0.3) is 11.1 Å². The summed E-state index contributed by atoms with van der Waals surface area (Å²) in [5.41, 5.74) is 3.70. The fourth-order valence-electron chi connectivity index (χ4n) is 3.29. The number of carbonyl (C=O) groups is 1. The lowest BCUT2D eigenvalue weighted by atomic mass is 10.0. The maximum Gasteiger partial charge on any atom is 0.257 e. The Morgan fingerprint density at radius 3 is 2.16 bits per heavy atom. The molecule has 0 aliphatic heterocycles. The predicted octanol–water partition coefficient (Wildman–Crippen LogP) is 4.08. The molecule has 1 N–H and O–H groups in total. The number of amides is 1. The Kier molecular flexibility index (Phi) is 6.74. The van der Waals surface area contributed by atoms with Gasteiger partial charge in [-0.25, -0.2) is 8.42 Å². The molecule has 0 fully saturated rings. The zero-order valence-corrected chi connectivity index (χ0v) is 19.6. The number of methoxy groups -OCH3 is 1. The highest BCUT2D eigenvalue weighted by Crippen LogP contribution is 2.33. The fraction of sp³-hybridized carbons (Fsp3) is 0.208. The van der Waals surface area contributed by atoms with Gasteiger partial charge in [-0.3, -0.25) is 9.10 Å². The zero-order valence-electron chi connectivity index (χ0n) is 18.8. The van der Waals surface area contributed by atoms with Crippen molar-refractivity contribution in [1.82, 2.24) is 0 Å². The van der Waals surface area contributed by atoms with E-state index in [1.54, 1.807) is 37.4 Å². The van der Waals surface area contributed by atoms with E-state index in [0.29, 0.717) is 28.4 Å². The summed E-state index contributed by atoms with van der Waals surface area (Å²) in [5, 5.41) is 2.91. The third kappa shape index (κ3) is 5.03. The molecule has 32 heavy (non-hydrogen) atoms. The molecule has 0 aliphatic rings. The van der Waals surface area contributed by atoms with Crippen molar-refractivity contribution in [2.75, 3.05) is 49.0 Å². The van der Waals surface area contributed by atoms with Crippen LogP contribution in [0.5, 0.6) is 5.75 Å². The van der Waals surface area contributed by atoms with Crippen molar-refractivity contribution < 1.29 is 17.9 Å². The van der Waals surface area contributed by atoms with Crippen LogP contribution in [-0.4, -0.2) is 48.8 Å². The predicted molar refractivity (Wildman–Crippen MR) is 130 cm³/mol. The van der Waals surface area contributed by atoms with Crippen LogP contribution < -0.4 is 19.3 Å². The molecule has 8 heteroatoms. The molecule has 0 bridgehead atoms. The Hall–Kier alpha value is -3.52. The molecular weight excluding hydrogens is 426 g/mol. The summed E-state index contributed by atoms with van der Waals surface area (Å²) >= 11 is 0. The van der Waals surface area contributed by atoms with Crippen molar-refractivity contribution >= 4 is 33.0 Å². The molecule has 0 radical (unpaired) electrons. The third-order valence-electron chi connectivity index (χ3n) is 5.12. The monoisotopic (exact) mass is 453 g/mol. The Morgan fingerprint density at radius 1 is 0.875 bits per heavy atom. The van der Waals surface area contributed by atoms with Crippen LogP contribution in [0.1, 0.15) is 10.4 Å². The Balaban J connectivity index is 2.08. The van der Waals surface area contributed by atoms with Crippen LogP contribution in [0.2, 0.25) is 0 Å². The number of nitrogens with one attached hydrogen (secondary N) is 1. The van der Waals surface area contributed by atoms with Crippen molar-refractivity contribution in [3.05, 3.63) is 72.3 Å². The van der Waals surface area contributed by atoms with E-state index in [2.05, 4.69) is 5.32 Å². The van der Waals surface area contributed by atoms with Crippen LogP contribution in [0, 0.1) is 0 Å². The number of nitrogens with zero attached hydrogens (tertiary/aromatic N) is 2. The number of rotatable bonds is 7. The van der Waals surface area contributed by atoms with Crippen molar-refractivity contribution in [3.63, 3.8) is 0 Å². The first-order chi connectivity index (χ1) is 15.1. The van der Waals surface area contributed by atoms with E-state index < -0.39 is 10.0 Å². The van der Waals surface area contributed by atoms with Gasteiger partial charge in [0.1, 0.15) is 5.75 Å². The highest BCUT2D eigenvalue weighted by molar-refractivity contribution is 7.92. The van der Waals surface area contributed by atoms with Crippen LogP contribution in [-0.2, 0) is 10.0 Å². The summed E-state index contributed by atoms with van der Waals surface area (Å²) in [6.45, 7) is 0. The molecule has 1 amide bonds. The van der Waals surface area contributed by atoms with E-state index in [9.17, 15) is 13.2 Å². The molecular formula is C24H27N3O4S. The van der Waals surface area contributed by atoms with Crippen LogP contribution in [0.3, 0.4) is 0 Å². The van der Waals surface area contributed by atoms with E-state index in [0.717, 1.165) is 21.7 Å². The van der Waals surface area contributed by atoms with Gasteiger partial charge in [0, 0.05) is 27.2 Å². The van der Waals surface area contributed by atoms with Crippen molar-refractivity contribution in [2.24, 2.45) is 0 Å². The second-order valence-corrected chi connectivity index (χ2v) is 9.57. The molecule has 0 aliphatic carbocycles. The van der Waals surface area contributed by atoms with Crippen LogP contribution in [0.4, 0.5) is 17.1 Å². The molecule has 0 atom stereocenters. The van der Waals surface area contributed by atoms with Gasteiger partial charge in [0.25, 0.3) is 5.91 Å². The second kappa shape index (κ2) is 9.32. The van der Waals surface area contributed by atoms with Gasteiger partial charge in [-0.05, 0) is 35.4 Å². The quantitative estimate of drug-likeness (QED) is 0.583. The number of carbonyl (C=O) groups excluding carboxylic acids is 1. The van der Waals surface area contributed by atoms with Gasteiger partial charge in [-0.2, -0.15) is 0 Å². The molecule has 3 rings (SSSR count). The molecule has 168 valence electrons. The van der Waals surface area contributed by atoms with Gasteiger partial charge in [0.2, 0.25) is 10.0 Å². The smallest absolute Gasteiger partial charge is 0.257 e. The van der Waals surface area contributed by atoms with Gasteiger partial charge in [0.05, 0.1) is 36.0 Å². The molecule has 3 aromatic rings. The summed E-state index contributed by atoms with van der Waals surface area (Å²) in [4.78, 5) is 15.1. The topological polar surface area (TPSA) is 79.0 Å². The molecule has 7 nitrogen and oxygen atoms in total. The van der Waals surface area contributed by atoms with E-state index in [-0.39, 0.29) is 5.91 Å². The Morgan fingerprint density at radius 2 is 1.56 bits per heavy atom.